The van der Waals surface area contributed by atoms with E-state index in [0.29, 0.717) is 29.7 Å². The van der Waals surface area contributed by atoms with Gasteiger partial charge in [-0.15, -0.1) is 0 Å². The SMILES string of the molecule is CC[C@@H](C(=O)NCC(C)C)N(Cc1ccccc1Cl)C(=O)COc1cc(C)cc(C)c1C. The van der Waals surface area contributed by atoms with Gasteiger partial charge in [-0.05, 0) is 67.5 Å². The van der Waals surface area contributed by atoms with Crippen molar-refractivity contribution in [2.45, 2.75) is 60.5 Å². The van der Waals surface area contributed by atoms with Crippen molar-refractivity contribution in [1.82, 2.24) is 10.2 Å². The number of benzene rings is 2. The van der Waals surface area contributed by atoms with Gasteiger partial charge < -0.3 is 15.0 Å². The number of carbonyl (C=O) groups excluding carboxylic acids is 2. The van der Waals surface area contributed by atoms with E-state index in [1.807, 2.05) is 65.8 Å². The smallest absolute Gasteiger partial charge is 0.261 e. The molecule has 174 valence electrons. The molecule has 2 amide bonds. The second-order valence-electron chi connectivity index (χ2n) is 8.67. The van der Waals surface area contributed by atoms with Crippen molar-refractivity contribution < 1.29 is 14.3 Å². The molecule has 32 heavy (non-hydrogen) atoms. The molecule has 5 nitrogen and oxygen atoms in total. The zero-order valence-corrected chi connectivity index (χ0v) is 20.8. The van der Waals surface area contributed by atoms with E-state index in [1.165, 1.54) is 0 Å². The highest BCUT2D eigenvalue weighted by Gasteiger charge is 2.29. The lowest BCUT2D eigenvalue weighted by molar-refractivity contribution is -0.143. The van der Waals surface area contributed by atoms with Crippen LogP contribution in [-0.4, -0.2) is 35.9 Å². The van der Waals surface area contributed by atoms with E-state index in [0.717, 1.165) is 22.3 Å². The Morgan fingerprint density at radius 3 is 2.44 bits per heavy atom. The van der Waals surface area contributed by atoms with Gasteiger partial charge in [0.2, 0.25) is 5.91 Å². The Hall–Kier alpha value is -2.53. The minimum Gasteiger partial charge on any atom is -0.483 e. The number of rotatable bonds is 10. The van der Waals surface area contributed by atoms with E-state index in [2.05, 4.69) is 11.4 Å². The van der Waals surface area contributed by atoms with Gasteiger partial charge in [-0.3, -0.25) is 9.59 Å². The average molecular weight is 459 g/mol. The van der Waals surface area contributed by atoms with Crippen LogP contribution in [0, 0.1) is 26.7 Å². The number of hydrogen-bond donors (Lipinski definition) is 1. The topological polar surface area (TPSA) is 58.6 Å². The van der Waals surface area contributed by atoms with Gasteiger partial charge >= 0.3 is 0 Å². The van der Waals surface area contributed by atoms with Gasteiger partial charge in [0.05, 0.1) is 0 Å². The molecule has 0 radical (unpaired) electrons. The third kappa shape index (κ3) is 6.99. The largest absolute Gasteiger partial charge is 0.483 e. The molecule has 0 unspecified atom stereocenters. The molecule has 0 saturated heterocycles. The molecule has 2 aromatic carbocycles. The Kier molecular flexibility index (Phi) is 9.58. The highest BCUT2D eigenvalue weighted by atomic mass is 35.5. The Morgan fingerprint density at radius 1 is 1.12 bits per heavy atom. The van der Waals surface area contributed by atoms with Crippen molar-refractivity contribution in [2.24, 2.45) is 5.92 Å². The second kappa shape index (κ2) is 11.9. The third-order valence-corrected chi connectivity index (χ3v) is 5.85. The fraction of sp³-hybridized carbons (Fsp3) is 0.462. The number of aryl methyl sites for hydroxylation is 2. The molecule has 6 heteroatoms. The quantitative estimate of drug-likeness (QED) is 0.530. The van der Waals surface area contributed by atoms with E-state index < -0.39 is 6.04 Å². The minimum absolute atomic E-state index is 0.151. The Balaban J connectivity index is 2.27. The maximum atomic E-state index is 13.3. The molecule has 0 fully saturated rings. The van der Waals surface area contributed by atoms with Crippen LogP contribution in [0.15, 0.2) is 36.4 Å². The highest BCUT2D eigenvalue weighted by molar-refractivity contribution is 6.31. The van der Waals surface area contributed by atoms with Crippen LogP contribution in [0.4, 0.5) is 0 Å². The molecule has 0 aliphatic rings. The zero-order valence-electron chi connectivity index (χ0n) is 20.0. The molecule has 0 heterocycles. The van der Waals surface area contributed by atoms with Gasteiger partial charge in [0.15, 0.2) is 6.61 Å². The first-order valence-electron chi connectivity index (χ1n) is 11.1. The molecule has 1 atom stereocenters. The van der Waals surface area contributed by atoms with Gasteiger partial charge in [-0.25, -0.2) is 0 Å². The number of nitrogens with zero attached hydrogens (tertiary/aromatic N) is 1. The minimum atomic E-state index is -0.610. The molecule has 2 aromatic rings. The molecule has 1 N–H and O–H groups in total. The first kappa shape index (κ1) is 25.7. The molecule has 0 aliphatic carbocycles. The molecule has 0 aromatic heterocycles. The number of hydrogen-bond acceptors (Lipinski definition) is 3. The molecule has 0 saturated carbocycles. The van der Waals surface area contributed by atoms with Crippen molar-refractivity contribution in [2.75, 3.05) is 13.2 Å². The van der Waals surface area contributed by atoms with E-state index in [4.69, 9.17) is 16.3 Å². The predicted molar refractivity (Wildman–Crippen MR) is 130 cm³/mol. The summed E-state index contributed by atoms with van der Waals surface area (Å²) in [5.74, 6) is 0.588. The highest BCUT2D eigenvalue weighted by Crippen LogP contribution is 2.24. The van der Waals surface area contributed by atoms with Crippen LogP contribution < -0.4 is 10.1 Å². The van der Waals surface area contributed by atoms with Crippen LogP contribution in [0.1, 0.15) is 49.4 Å². The first-order valence-corrected chi connectivity index (χ1v) is 11.5. The van der Waals surface area contributed by atoms with Gasteiger partial charge in [0.1, 0.15) is 11.8 Å². The Labute approximate surface area is 197 Å². The normalized spacial score (nSPS) is 11.9. The summed E-state index contributed by atoms with van der Waals surface area (Å²) in [6.07, 6.45) is 0.489. The van der Waals surface area contributed by atoms with Crippen molar-refractivity contribution in [3.63, 3.8) is 0 Å². The van der Waals surface area contributed by atoms with Crippen LogP contribution in [0.2, 0.25) is 5.02 Å². The lowest BCUT2D eigenvalue weighted by Crippen LogP contribution is -2.50. The summed E-state index contributed by atoms with van der Waals surface area (Å²) in [6.45, 7) is 12.6. The molecule has 0 aliphatic heterocycles. The Bertz CT molecular complexity index is 943. The van der Waals surface area contributed by atoms with Crippen molar-refractivity contribution in [3.8, 4) is 5.75 Å². The monoisotopic (exact) mass is 458 g/mol. The number of carbonyl (C=O) groups is 2. The zero-order chi connectivity index (χ0) is 23.8. The van der Waals surface area contributed by atoms with Gasteiger partial charge in [-0.1, -0.05) is 56.6 Å². The predicted octanol–water partition coefficient (Wildman–Crippen LogP) is 5.22. The average Bonchev–Trinajstić information content (AvgIpc) is 2.74. The van der Waals surface area contributed by atoms with Crippen molar-refractivity contribution in [3.05, 3.63) is 63.7 Å². The lowest BCUT2D eigenvalue weighted by Gasteiger charge is -2.31. The molecule has 0 spiro atoms. The maximum Gasteiger partial charge on any atom is 0.261 e. The van der Waals surface area contributed by atoms with Crippen LogP contribution in [-0.2, 0) is 16.1 Å². The van der Waals surface area contributed by atoms with Gasteiger partial charge in [-0.2, -0.15) is 0 Å². The van der Waals surface area contributed by atoms with Crippen LogP contribution in [0.5, 0.6) is 5.75 Å². The standard InChI is InChI=1S/C26H35ClN2O3/c1-7-23(26(31)28-14-17(2)3)29(15-21-10-8-9-11-22(21)27)25(30)16-32-24-13-18(4)12-19(5)20(24)6/h8-13,17,23H,7,14-16H2,1-6H3,(H,28,31)/t23-/m0/s1. The fourth-order valence-electron chi connectivity index (χ4n) is 3.53. The van der Waals surface area contributed by atoms with Crippen molar-refractivity contribution in [1.29, 1.82) is 0 Å². The summed E-state index contributed by atoms with van der Waals surface area (Å²) in [5.41, 5.74) is 3.98. The number of amides is 2. The summed E-state index contributed by atoms with van der Waals surface area (Å²) in [5, 5.41) is 3.52. The van der Waals surface area contributed by atoms with Gasteiger partial charge in [0.25, 0.3) is 5.91 Å². The van der Waals surface area contributed by atoms with Crippen LogP contribution >= 0.6 is 11.6 Å². The molecule has 2 rings (SSSR count). The summed E-state index contributed by atoms with van der Waals surface area (Å²) < 4.78 is 5.93. The van der Waals surface area contributed by atoms with E-state index in [-0.39, 0.29) is 25.0 Å². The van der Waals surface area contributed by atoms with E-state index in [1.54, 1.807) is 11.0 Å². The maximum absolute atomic E-state index is 13.3. The summed E-state index contributed by atoms with van der Waals surface area (Å²) in [7, 11) is 0. The lowest BCUT2D eigenvalue weighted by atomic mass is 10.1. The second-order valence-corrected chi connectivity index (χ2v) is 9.08. The molecular weight excluding hydrogens is 424 g/mol. The van der Waals surface area contributed by atoms with E-state index >= 15 is 0 Å². The molecular formula is C26H35ClN2O3. The first-order chi connectivity index (χ1) is 15.1. The summed E-state index contributed by atoms with van der Waals surface area (Å²) in [6, 6.07) is 10.8. The van der Waals surface area contributed by atoms with Crippen LogP contribution in [0.3, 0.4) is 0 Å². The number of halogens is 1. The molecule has 0 bridgehead atoms. The van der Waals surface area contributed by atoms with Gasteiger partial charge in [0, 0.05) is 18.1 Å². The fourth-order valence-corrected chi connectivity index (χ4v) is 3.72. The van der Waals surface area contributed by atoms with E-state index in [9.17, 15) is 9.59 Å². The third-order valence-electron chi connectivity index (χ3n) is 5.48. The summed E-state index contributed by atoms with van der Waals surface area (Å²) >= 11 is 6.36. The van der Waals surface area contributed by atoms with Crippen LogP contribution in [0.25, 0.3) is 0 Å². The summed E-state index contributed by atoms with van der Waals surface area (Å²) in [4.78, 5) is 27.9. The van der Waals surface area contributed by atoms with Crippen molar-refractivity contribution >= 4 is 23.4 Å². The Morgan fingerprint density at radius 2 is 1.81 bits per heavy atom. The number of nitrogens with one attached hydrogen (secondary N) is 1. The number of ether oxygens (including phenoxy) is 1.